The number of benzene rings is 1. The maximum Gasteiger partial charge on any atom is 0.327 e. The molecule has 1 heterocycles. The molecule has 1 aromatic carbocycles. The van der Waals surface area contributed by atoms with Crippen molar-refractivity contribution in [2.45, 2.75) is 6.54 Å². The summed E-state index contributed by atoms with van der Waals surface area (Å²) >= 11 is 0. The second-order valence-corrected chi connectivity index (χ2v) is 3.48. The number of hydrogen-bond acceptors (Lipinski definition) is 1. The van der Waals surface area contributed by atoms with Crippen LogP contribution in [-0.4, -0.2) is 10.9 Å². The second kappa shape index (κ2) is 6.01. The van der Waals surface area contributed by atoms with Gasteiger partial charge in [-0.3, -0.25) is 4.79 Å². The van der Waals surface area contributed by atoms with Crippen LogP contribution in [-0.2, 0) is 6.54 Å². The van der Waals surface area contributed by atoms with Crippen molar-refractivity contribution in [1.29, 1.82) is 0 Å². The maximum absolute atomic E-state index is 11.0. The third kappa shape index (κ3) is 2.82. The third-order valence-electron chi connectivity index (χ3n) is 2.46. The normalized spacial score (nSPS) is 9.41. The highest BCUT2D eigenvalue weighted by atomic mass is 35.5. The van der Waals surface area contributed by atoms with E-state index in [9.17, 15) is 4.79 Å². The summed E-state index contributed by atoms with van der Waals surface area (Å²) in [6.07, 6.45) is 6.15. The van der Waals surface area contributed by atoms with E-state index in [1.165, 1.54) is 0 Å². The molecule has 0 saturated carbocycles. The molecule has 0 aliphatic rings. The number of nitrogens with zero attached hydrogens (tertiary/aromatic N) is 2. The van der Waals surface area contributed by atoms with E-state index in [-0.39, 0.29) is 12.4 Å². The lowest BCUT2D eigenvalue weighted by molar-refractivity contribution is -0.688. The molecular weight excluding hydrogens is 236 g/mol. The zero-order valence-corrected chi connectivity index (χ0v) is 10.0. The van der Waals surface area contributed by atoms with Crippen molar-refractivity contribution in [2.24, 2.45) is 0 Å². The Morgan fingerprint density at radius 2 is 2.00 bits per heavy atom. The number of carbonyl (C=O) groups is 1. The smallest absolute Gasteiger partial charge is 0.327 e. The summed E-state index contributed by atoms with van der Waals surface area (Å²) in [5.74, 6) is 0.596. The van der Waals surface area contributed by atoms with Gasteiger partial charge < -0.3 is 12.4 Å². The fourth-order valence-corrected chi connectivity index (χ4v) is 1.65. The highest BCUT2D eigenvalue weighted by Gasteiger charge is 2.14. The quantitative estimate of drug-likeness (QED) is 0.490. The Kier molecular flexibility index (Phi) is 4.67. The van der Waals surface area contributed by atoms with Crippen molar-refractivity contribution >= 4 is 12.5 Å². The van der Waals surface area contributed by atoms with Crippen LogP contribution in [0.15, 0.2) is 49.3 Å². The Morgan fingerprint density at radius 3 is 2.59 bits per heavy atom. The Hall–Kier alpha value is -1.87. The summed E-state index contributed by atoms with van der Waals surface area (Å²) in [5, 5.41) is 0. The molecule has 2 rings (SSSR count). The van der Waals surface area contributed by atoms with Gasteiger partial charge in [-0.15, -0.1) is 0 Å². The first-order valence-corrected chi connectivity index (χ1v) is 5.07. The van der Waals surface area contributed by atoms with E-state index in [2.05, 4.69) is 6.58 Å². The monoisotopic (exact) mass is 248 g/mol. The van der Waals surface area contributed by atoms with Gasteiger partial charge in [-0.25, -0.2) is 9.13 Å². The fourth-order valence-electron chi connectivity index (χ4n) is 1.65. The lowest BCUT2D eigenvalue weighted by Gasteiger charge is -1.98. The highest BCUT2D eigenvalue weighted by molar-refractivity contribution is 5.68. The largest absolute Gasteiger partial charge is 1.00 e. The number of carbonyl (C=O) groups excluding carboxylic acids is 1. The molecule has 0 amide bonds. The summed E-state index contributed by atoms with van der Waals surface area (Å²) < 4.78 is 3.60. The van der Waals surface area contributed by atoms with Crippen LogP contribution in [0, 0.1) is 0 Å². The predicted octanol–water partition coefficient (Wildman–Crippen LogP) is -1.26. The zero-order chi connectivity index (χ0) is 11.4. The predicted molar refractivity (Wildman–Crippen MR) is 61.9 cm³/mol. The van der Waals surface area contributed by atoms with Crippen LogP contribution >= 0.6 is 0 Å². The van der Waals surface area contributed by atoms with E-state index in [4.69, 9.17) is 0 Å². The van der Waals surface area contributed by atoms with Crippen LogP contribution in [0.2, 0.25) is 0 Å². The molecule has 0 spiro atoms. The molecule has 0 saturated heterocycles. The van der Waals surface area contributed by atoms with Gasteiger partial charge in [0, 0.05) is 0 Å². The summed E-state index contributed by atoms with van der Waals surface area (Å²) in [6.45, 7) is 4.34. The minimum absolute atomic E-state index is 0. The maximum atomic E-state index is 11.0. The first-order valence-electron chi connectivity index (χ1n) is 5.07. The third-order valence-corrected chi connectivity index (χ3v) is 2.46. The minimum Gasteiger partial charge on any atom is -1.00 e. The van der Waals surface area contributed by atoms with Crippen LogP contribution in [0.3, 0.4) is 0 Å². The van der Waals surface area contributed by atoms with Crippen LogP contribution in [0.25, 0.3) is 6.20 Å². The number of rotatable bonds is 4. The van der Waals surface area contributed by atoms with Crippen molar-refractivity contribution in [3.05, 3.63) is 60.7 Å². The highest BCUT2D eigenvalue weighted by Crippen LogP contribution is 1.99. The van der Waals surface area contributed by atoms with Crippen LogP contribution in [0.1, 0.15) is 16.2 Å². The number of imidazole rings is 1. The summed E-state index contributed by atoms with van der Waals surface area (Å²) in [7, 11) is 0. The van der Waals surface area contributed by atoms with Crippen molar-refractivity contribution in [3.8, 4) is 0 Å². The molecule has 0 atom stereocenters. The standard InChI is InChI=1S/C13H13N2O.ClH/c1-2-14-8-9-15(13(14)11-16)10-12-6-4-3-5-7-12;/h2-9,11H,1,10H2;1H/q+1;/p-1. The SMILES string of the molecule is C=Cn1cc[n+](Cc2ccccc2)c1C=O.[Cl-]. The molecule has 2 aromatic rings. The fraction of sp³-hybridized carbons (Fsp3) is 0.0769. The van der Waals surface area contributed by atoms with E-state index < -0.39 is 0 Å². The van der Waals surface area contributed by atoms with E-state index in [0.717, 1.165) is 11.8 Å². The van der Waals surface area contributed by atoms with Crippen molar-refractivity contribution in [3.63, 3.8) is 0 Å². The zero-order valence-electron chi connectivity index (χ0n) is 9.29. The molecular formula is C13H13ClN2O. The van der Waals surface area contributed by atoms with Gasteiger partial charge in [0.2, 0.25) is 6.29 Å². The summed E-state index contributed by atoms with van der Waals surface area (Å²) in [6, 6.07) is 10.0. The first kappa shape index (κ1) is 13.2. The Balaban J connectivity index is 0.00000144. The van der Waals surface area contributed by atoms with Gasteiger partial charge >= 0.3 is 5.82 Å². The van der Waals surface area contributed by atoms with Crippen molar-refractivity contribution in [2.75, 3.05) is 0 Å². The van der Waals surface area contributed by atoms with Crippen molar-refractivity contribution < 1.29 is 21.8 Å². The minimum atomic E-state index is 0. The number of aromatic nitrogens is 2. The van der Waals surface area contributed by atoms with Crippen LogP contribution in [0.4, 0.5) is 0 Å². The molecule has 88 valence electrons. The topological polar surface area (TPSA) is 25.9 Å². The molecule has 0 radical (unpaired) electrons. The lowest BCUT2D eigenvalue weighted by atomic mass is 10.2. The lowest BCUT2D eigenvalue weighted by Crippen LogP contribution is -3.00. The molecule has 0 unspecified atom stereocenters. The van der Waals surface area contributed by atoms with E-state index in [1.54, 1.807) is 10.8 Å². The molecule has 4 heteroatoms. The van der Waals surface area contributed by atoms with Gasteiger partial charge in [0.25, 0.3) is 0 Å². The van der Waals surface area contributed by atoms with E-state index >= 15 is 0 Å². The molecule has 0 N–H and O–H groups in total. The van der Waals surface area contributed by atoms with E-state index in [1.807, 2.05) is 47.3 Å². The summed E-state index contributed by atoms with van der Waals surface area (Å²) in [4.78, 5) is 11.0. The molecule has 17 heavy (non-hydrogen) atoms. The van der Waals surface area contributed by atoms with Gasteiger partial charge in [-0.1, -0.05) is 36.9 Å². The second-order valence-electron chi connectivity index (χ2n) is 3.48. The number of aldehydes is 1. The molecule has 3 nitrogen and oxygen atoms in total. The molecule has 0 bridgehead atoms. The van der Waals surface area contributed by atoms with Crippen LogP contribution < -0.4 is 17.0 Å². The molecule has 1 aromatic heterocycles. The summed E-state index contributed by atoms with van der Waals surface area (Å²) in [5.41, 5.74) is 1.16. The Morgan fingerprint density at radius 1 is 1.29 bits per heavy atom. The van der Waals surface area contributed by atoms with E-state index in [0.29, 0.717) is 12.4 Å². The molecule has 0 aliphatic carbocycles. The van der Waals surface area contributed by atoms with Gasteiger partial charge in [-0.05, 0) is 5.56 Å². The Bertz CT molecular complexity index is 505. The van der Waals surface area contributed by atoms with Crippen molar-refractivity contribution in [1.82, 2.24) is 4.57 Å². The van der Waals surface area contributed by atoms with Gasteiger partial charge in [0.1, 0.15) is 18.9 Å². The van der Waals surface area contributed by atoms with Gasteiger partial charge in [0.15, 0.2) is 0 Å². The Labute approximate surface area is 106 Å². The van der Waals surface area contributed by atoms with Gasteiger partial charge in [-0.2, -0.15) is 0 Å². The molecule has 0 fully saturated rings. The average molecular weight is 249 g/mol. The number of hydrogen-bond donors (Lipinski definition) is 0. The molecule has 0 aliphatic heterocycles. The number of halogens is 1. The van der Waals surface area contributed by atoms with Crippen LogP contribution in [0.5, 0.6) is 0 Å². The van der Waals surface area contributed by atoms with Gasteiger partial charge in [0.05, 0.1) is 6.20 Å². The first-order chi connectivity index (χ1) is 7.85. The average Bonchev–Trinajstić information content (AvgIpc) is 2.72.